The van der Waals surface area contributed by atoms with Crippen LogP contribution in [0.2, 0.25) is 5.15 Å². The second-order valence-electron chi connectivity index (χ2n) is 4.73. The molecule has 0 aromatic carbocycles. The molecule has 0 N–H and O–H groups in total. The average Bonchev–Trinajstić information content (AvgIpc) is 3.29. The molecule has 0 atom stereocenters. The van der Waals surface area contributed by atoms with Gasteiger partial charge in [-0.15, -0.1) is 0 Å². The summed E-state index contributed by atoms with van der Waals surface area (Å²) in [4.78, 5) is 8.56. The largest absolute Gasteiger partial charge is 0.475 e. The lowest BCUT2D eigenvalue weighted by atomic mass is 10.4. The summed E-state index contributed by atoms with van der Waals surface area (Å²) in [6.45, 7) is 3.17. The van der Waals surface area contributed by atoms with Crippen LogP contribution < -0.4 is 4.74 Å². The first-order valence-corrected chi connectivity index (χ1v) is 7.49. The number of rotatable bonds is 11. The molecule has 7 heteroatoms. The summed E-state index contributed by atoms with van der Waals surface area (Å²) in [5.74, 6) is 1.74. The zero-order valence-electron chi connectivity index (χ0n) is 12.2. The molecule has 1 aromatic rings. The van der Waals surface area contributed by atoms with E-state index in [0.29, 0.717) is 56.6 Å². The van der Waals surface area contributed by atoms with Crippen molar-refractivity contribution in [1.29, 1.82) is 0 Å². The monoisotopic (exact) mass is 316 g/mol. The van der Waals surface area contributed by atoms with Gasteiger partial charge >= 0.3 is 0 Å². The van der Waals surface area contributed by atoms with Crippen molar-refractivity contribution in [3.8, 4) is 5.88 Å². The molecule has 0 saturated heterocycles. The molecule has 0 spiro atoms. The van der Waals surface area contributed by atoms with Gasteiger partial charge in [0.05, 0.1) is 33.0 Å². The second-order valence-corrected chi connectivity index (χ2v) is 5.11. The molecule has 0 unspecified atom stereocenters. The maximum atomic E-state index is 5.96. The van der Waals surface area contributed by atoms with Gasteiger partial charge in [-0.3, -0.25) is 0 Å². The molecule has 118 valence electrons. The van der Waals surface area contributed by atoms with Crippen molar-refractivity contribution in [3.63, 3.8) is 0 Å². The minimum atomic E-state index is 0.425. The molecule has 1 heterocycles. The quantitative estimate of drug-likeness (QED) is 0.460. The van der Waals surface area contributed by atoms with Gasteiger partial charge in [-0.2, -0.15) is 4.98 Å². The Kier molecular flexibility index (Phi) is 7.15. The van der Waals surface area contributed by atoms with Gasteiger partial charge in [0.15, 0.2) is 0 Å². The Bertz CT molecular complexity index is 429. The Morgan fingerprint density at radius 3 is 2.38 bits per heavy atom. The molecular formula is C14H21ClN2O4. The Labute approximate surface area is 129 Å². The van der Waals surface area contributed by atoms with Crippen LogP contribution in [-0.4, -0.2) is 56.7 Å². The lowest BCUT2D eigenvalue weighted by Crippen LogP contribution is -2.13. The maximum Gasteiger partial charge on any atom is 0.218 e. The van der Waals surface area contributed by atoms with Gasteiger partial charge in [0.2, 0.25) is 5.88 Å². The minimum absolute atomic E-state index is 0.425. The number of methoxy groups -OCH3 is 1. The third kappa shape index (κ3) is 6.56. The first-order chi connectivity index (χ1) is 10.3. The lowest BCUT2D eigenvalue weighted by Gasteiger charge is -2.08. The molecule has 1 aliphatic rings. The van der Waals surface area contributed by atoms with Gasteiger partial charge in [-0.05, 0) is 12.8 Å². The number of hydrogen-bond acceptors (Lipinski definition) is 6. The van der Waals surface area contributed by atoms with Crippen LogP contribution in [0.4, 0.5) is 0 Å². The van der Waals surface area contributed by atoms with Crippen LogP contribution >= 0.6 is 11.6 Å². The van der Waals surface area contributed by atoms with Crippen molar-refractivity contribution in [1.82, 2.24) is 9.97 Å². The lowest BCUT2D eigenvalue weighted by molar-refractivity contribution is 0.0176. The molecule has 0 bridgehead atoms. The summed E-state index contributed by atoms with van der Waals surface area (Å²) in [7, 11) is 1.64. The van der Waals surface area contributed by atoms with E-state index in [1.165, 1.54) is 0 Å². The molecule has 2 rings (SSSR count). The summed E-state index contributed by atoms with van der Waals surface area (Å²) in [6, 6.07) is 1.63. The summed E-state index contributed by atoms with van der Waals surface area (Å²) in [6.07, 6.45) is 2.26. The Morgan fingerprint density at radius 1 is 1.05 bits per heavy atom. The highest BCUT2D eigenvalue weighted by Crippen LogP contribution is 2.38. The van der Waals surface area contributed by atoms with Crippen molar-refractivity contribution in [2.24, 2.45) is 0 Å². The number of halogens is 1. The van der Waals surface area contributed by atoms with E-state index in [2.05, 4.69) is 9.97 Å². The van der Waals surface area contributed by atoms with E-state index in [1.807, 2.05) is 0 Å². The summed E-state index contributed by atoms with van der Waals surface area (Å²) >= 11 is 5.96. The molecule has 1 aromatic heterocycles. The van der Waals surface area contributed by atoms with Crippen LogP contribution in [0.15, 0.2) is 6.07 Å². The number of aromatic nitrogens is 2. The predicted molar refractivity (Wildman–Crippen MR) is 78.0 cm³/mol. The van der Waals surface area contributed by atoms with E-state index in [4.69, 9.17) is 30.5 Å². The van der Waals surface area contributed by atoms with E-state index in [0.717, 1.165) is 18.7 Å². The molecule has 21 heavy (non-hydrogen) atoms. The molecule has 6 nitrogen and oxygen atoms in total. The fourth-order valence-corrected chi connectivity index (χ4v) is 1.86. The number of hydrogen-bond donors (Lipinski definition) is 0. The Hall–Kier alpha value is -0.950. The Morgan fingerprint density at radius 2 is 1.71 bits per heavy atom. The van der Waals surface area contributed by atoms with Gasteiger partial charge in [-0.1, -0.05) is 11.6 Å². The zero-order chi connectivity index (χ0) is 14.9. The third-order valence-electron chi connectivity index (χ3n) is 2.91. The van der Waals surface area contributed by atoms with Gasteiger partial charge < -0.3 is 18.9 Å². The summed E-state index contributed by atoms with van der Waals surface area (Å²) < 4.78 is 21.1. The van der Waals surface area contributed by atoms with Crippen molar-refractivity contribution in [2.75, 3.05) is 46.8 Å². The number of ether oxygens (including phenoxy) is 4. The maximum absolute atomic E-state index is 5.96. The molecule has 1 saturated carbocycles. The van der Waals surface area contributed by atoms with Crippen molar-refractivity contribution in [2.45, 2.75) is 18.8 Å². The standard InChI is InChI=1S/C14H21ClN2O4/c1-18-4-5-19-6-7-20-8-9-21-13-10-12(15)16-14(17-13)11-2-3-11/h10-11H,2-9H2,1H3. The van der Waals surface area contributed by atoms with E-state index >= 15 is 0 Å². The topological polar surface area (TPSA) is 62.7 Å². The van der Waals surface area contributed by atoms with Crippen LogP contribution in [0.1, 0.15) is 24.6 Å². The van der Waals surface area contributed by atoms with E-state index in [1.54, 1.807) is 13.2 Å². The molecular weight excluding hydrogens is 296 g/mol. The minimum Gasteiger partial charge on any atom is -0.475 e. The van der Waals surface area contributed by atoms with E-state index < -0.39 is 0 Å². The smallest absolute Gasteiger partial charge is 0.218 e. The van der Waals surface area contributed by atoms with Crippen LogP contribution in [-0.2, 0) is 14.2 Å². The molecule has 1 fully saturated rings. The van der Waals surface area contributed by atoms with E-state index in [9.17, 15) is 0 Å². The van der Waals surface area contributed by atoms with Gasteiger partial charge in [0.25, 0.3) is 0 Å². The van der Waals surface area contributed by atoms with Crippen LogP contribution in [0.3, 0.4) is 0 Å². The van der Waals surface area contributed by atoms with Crippen LogP contribution in [0.25, 0.3) is 0 Å². The highest BCUT2D eigenvalue weighted by Gasteiger charge is 2.27. The first-order valence-electron chi connectivity index (χ1n) is 7.11. The fourth-order valence-electron chi connectivity index (χ4n) is 1.68. The summed E-state index contributed by atoms with van der Waals surface area (Å²) in [5.41, 5.74) is 0. The normalized spacial score (nSPS) is 14.4. The zero-order valence-corrected chi connectivity index (χ0v) is 13.0. The van der Waals surface area contributed by atoms with Crippen molar-refractivity contribution < 1.29 is 18.9 Å². The van der Waals surface area contributed by atoms with Gasteiger partial charge in [0, 0.05) is 19.1 Å². The molecule has 0 radical (unpaired) electrons. The third-order valence-corrected chi connectivity index (χ3v) is 3.11. The first kappa shape index (κ1) is 16.4. The summed E-state index contributed by atoms with van der Waals surface area (Å²) in [5, 5.41) is 0.425. The molecule has 1 aliphatic carbocycles. The van der Waals surface area contributed by atoms with Gasteiger partial charge in [0.1, 0.15) is 17.6 Å². The van der Waals surface area contributed by atoms with E-state index in [-0.39, 0.29) is 0 Å². The highest BCUT2D eigenvalue weighted by molar-refractivity contribution is 6.29. The fraction of sp³-hybridized carbons (Fsp3) is 0.714. The molecule has 0 amide bonds. The predicted octanol–water partition coefficient (Wildman–Crippen LogP) is 2.07. The van der Waals surface area contributed by atoms with Crippen molar-refractivity contribution >= 4 is 11.6 Å². The average molecular weight is 317 g/mol. The second kappa shape index (κ2) is 9.15. The number of nitrogens with zero attached hydrogens (tertiary/aromatic N) is 2. The van der Waals surface area contributed by atoms with Crippen molar-refractivity contribution in [3.05, 3.63) is 17.0 Å². The van der Waals surface area contributed by atoms with Crippen LogP contribution in [0.5, 0.6) is 5.88 Å². The SMILES string of the molecule is COCCOCCOCCOc1cc(Cl)nc(C2CC2)n1. The Balaban J connectivity index is 1.56. The molecule has 0 aliphatic heterocycles. The highest BCUT2D eigenvalue weighted by atomic mass is 35.5. The van der Waals surface area contributed by atoms with Crippen LogP contribution in [0, 0.1) is 0 Å². The van der Waals surface area contributed by atoms with Gasteiger partial charge in [-0.25, -0.2) is 4.98 Å².